The van der Waals surface area contributed by atoms with E-state index in [-0.39, 0.29) is 0 Å². The average Bonchev–Trinajstić information content (AvgIpc) is 2.93. The molecule has 2 rings (SSSR count). The largest absolute Gasteiger partial charge is 0.381 e. The number of rotatable bonds is 3. The second-order valence-electron chi connectivity index (χ2n) is 4.50. The molecule has 0 atom stereocenters. The first kappa shape index (κ1) is 13.8. The molecule has 0 bridgehead atoms. The van der Waals surface area contributed by atoms with Crippen LogP contribution in [0.1, 0.15) is 25.7 Å². The van der Waals surface area contributed by atoms with Gasteiger partial charge in [0.25, 0.3) is 0 Å². The van der Waals surface area contributed by atoms with Crippen molar-refractivity contribution in [2.24, 2.45) is 4.99 Å². The Bertz CT molecular complexity index is 486. The Kier molecular flexibility index (Phi) is 5.10. The Morgan fingerprint density at radius 1 is 1.37 bits per heavy atom. The molecule has 19 heavy (non-hydrogen) atoms. The van der Waals surface area contributed by atoms with Gasteiger partial charge in [-0.2, -0.15) is 5.26 Å². The summed E-state index contributed by atoms with van der Waals surface area (Å²) in [5.74, 6) is 0. The normalized spacial score (nSPS) is 16.1. The molecule has 0 spiro atoms. The fourth-order valence-corrected chi connectivity index (χ4v) is 2.60. The molecule has 1 fully saturated rings. The van der Waals surface area contributed by atoms with Crippen LogP contribution in [0.25, 0.3) is 0 Å². The van der Waals surface area contributed by atoms with E-state index in [0.717, 1.165) is 11.4 Å². The van der Waals surface area contributed by atoms with Gasteiger partial charge >= 0.3 is 0 Å². The van der Waals surface area contributed by atoms with E-state index < -0.39 is 0 Å². The van der Waals surface area contributed by atoms with E-state index >= 15 is 0 Å². The molecule has 0 radical (unpaired) electrons. The van der Waals surface area contributed by atoms with Gasteiger partial charge in [0.15, 0.2) is 11.4 Å². The highest BCUT2D eigenvalue weighted by atomic mass is 32.2. The van der Waals surface area contributed by atoms with Gasteiger partial charge in [-0.05, 0) is 31.2 Å². The second-order valence-corrected chi connectivity index (χ2v) is 5.30. The van der Waals surface area contributed by atoms with Crippen molar-refractivity contribution >= 4 is 28.3 Å². The lowest BCUT2D eigenvalue weighted by Gasteiger charge is -2.15. The summed E-state index contributed by atoms with van der Waals surface area (Å²) in [6.07, 6.45) is 8.86. The molecule has 2 N–H and O–H groups in total. The maximum Gasteiger partial charge on any atom is 0.183 e. The molecule has 0 heterocycles. The van der Waals surface area contributed by atoms with Gasteiger partial charge < -0.3 is 5.32 Å². The van der Waals surface area contributed by atoms with E-state index in [1.165, 1.54) is 37.4 Å². The Balaban J connectivity index is 2.17. The van der Waals surface area contributed by atoms with Crippen LogP contribution in [0.3, 0.4) is 0 Å². The predicted octanol–water partition coefficient (Wildman–Crippen LogP) is 3.46. The minimum atomic E-state index is 0.554. The molecular formula is C14H18N4S. The van der Waals surface area contributed by atoms with Gasteiger partial charge in [-0.15, -0.1) is 0 Å². The quantitative estimate of drug-likeness (QED) is 0.383. The van der Waals surface area contributed by atoms with E-state index in [4.69, 9.17) is 5.26 Å². The SMILES string of the molecule is CSC(=Nc1ccccc1NC1CCCC1)NC#N. The van der Waals surface area contributed by atoms with Gasteiger partial charge in [-0.1, -0.05) is 36.7 Å². The highest BCUT2D eigenvalue weighted by Crippen LogP contribution is 2.29. The smallest absolute Gasteiger partial charge is 0.183 e. The van der Waals surface area contributed by atoms with Crippen LogP contribution in [-0.2, 0) is 0 Å². The molecule has 1 saturated carbocycles. The van der Waals surface area contributed by atoms with Crippen LogP contribution in [0.4, 0.5) is 11.4 Å². The minimum absolute atomic E-state index is 0.554. The Morgan fingerprint density at radius 2 is 2.11 bits per heavy atom. The number of amidine groups is 1. The molecule has 0 saturated heterocycles. The van der Waals surface area contributed by atoms with Crippen LogP contribution in [0.15, 0.2) is 29.3 Å². The molecular weight excluding hydrogens is 256 g/mol. The number of anilines is 1. The van der Waals surface area contributed by atoms with Crippen molar-refractivity contribution in [3.05, 3.63) is 24.3 Å². The Morgan fingerprint density at radius 3 is 2.79 bits per heavy atom. The third-order valence-corrected chi connectivity index (χ3v) is 3.78. The summed E-state index contributed by atoms with van der Waals surface area (Å²) >= 11 is 1.43. The van der Waals surface area contributed by atoms with Crippen molar-refractivity contribution in [2.75, 3.05) is 11.6 Å². The summed E-state index contributed by atoms with van der Waals surface area (Å²) in [6.45, 7) is 0. The molecule has 1 aromatic carbocycles. The van der Waals surface area contributed by atoms with Gasteiger partial charge in [0.1, 0.15) is 0 Å². The Hall–Kier alpha value is -1.67. The fourth-order valence-electron chi connectivity index (χ4n) is 2.27. The molecule has 4 nitrogen and oxygen atoms in total. The van der Waals surface area contributed by atoms with Crippen molar-refractivity contribution < 1.29 is 0 Å². The highest BCUT2D eigenvalue weighted by molar-refractivity contribution is 8.13. The number of aliphatic imine (C=N–C) groups is 1. The zero-order valence-electron chi connectivity index (χ0n) is 11.0. The van der Waals surface area contributed by atoms with Crippen molar-refractivity contribution in [3.63, 3.8) is 0 Å². The van der Waals surface area contributed by atoms with Gasteiger partial charge in [-0.3, -0.25) is 5.32 Å². The molecule has 0 aliphatic heterocycles. The van der Waals surface area contributed by atoms with Crippen molar-refractivity contribution in [2.45, 2.75) is 31.7 Å². The molecule has 1 aliphatic carbocycles. The Labute approximate surface area is 118 Å². The lowest BCUT2D eigenvalue weighted by molar-refractivity contribution is 0.756. The van der Waals surface area contributed by atoms with Crippen LogP contribution in [0.5, 0.6) is 0 Å². The van der Waals surface area contributed by atoms with Crippen LogP contribution in [0.2, 0.25) is 0 Å². The third-order valence-electron chi connectivity index (χ3n) is 3.20. The van der Waals surface area contributed by atoms with Gasteiger partial charge in [-0.25, -0.2) is 4.99 Å². The maximum atomic E-state index is 8.67. The molecule has 1 aromatic rings. The summed E-state index contributed by atoms with van der Waals surface area (Å²) in [6, 6.07) is 8.53. The number of nitrogens with zero attached hydrogens (tertiary/aromatic N) is 2. The van der Waals surface area contributed by atoms with E-state index in [2.05, 4.69) is 15.6 Å². The summed E-state index contributed by atoms with van der Waals surface area (Å²) in [5, 5.41) is 15.4. The third kappa shape index (κ3) is 3.90. The monoisotopic (exact) mass is 274 g/mol. The number of hydrogen-bond acceptors (Lipinski definition) is 4. The number of thioether (sulfide) groups is 1. The summed E-state index contributed by atoms with van der Waals surface area (Å²) in [4.78, 5) is 4.49. The first-order chi connectivity index (χ1) is 9.33. The lowest BCUT2D eigenvalue weighted by atomic mass is 10.2. The van der Waals surface area contributed by atoms with Crippen LogP contribution in [-0.4, -0.2) is 17.5 Å². The molecule has 0 unspecified atom stereocenters. The predicted molar refractivity (Wildman–Crippen MR) is 81.7 cm³/mol. The molecule has 100 valence electrons. The molecule has 0 amide bonds. The standard InChI is InChI=1S/C14H18N4S/c1-19-14(16-10-15)18-13-9-5-4-8-12(13)17-11-6-2-3-7-11/h4-5,8-9,11,17H,2-3,6-7H2,1H3,(H,16,18). The van der Waals surface area contributed by atoms with Gasteiger partial charge in [0, 0.05) is 6.04 Å². The zero-order chi connectivity index (χ0) is 13.5. The van der Waals surface area contributed by atoms with Crippen LogP contribution in [0, 0.1) is 11.5 Å². The number of nitrogens with one attached hydrogen (secondary N) is 2. The molecule has 5 heteroatoms. The average molecular weight is 274 g/mol. The van der Waals surface area contributed by atoms with Crippen molar-refractivity contribution in [3.8, 4) is 6.19 Å². The van der Waals surface area contributed by atoms with Crippen LogP contribution < -0.4 is 10.6 Å². The van der Waals surface area contributed by atoms with Crippen LogP contribution >= 0.6 is 11.8 Å². The molecule has 0 aromatic heterocycles. The van der Waals surface area contributed by atoms with E-state index in [9.17, 15) is 0 Å². The summed E-state index contributed by atoms with van der Waals surface area (Å²) in [5.41, 5.74) is 1.92. The van der Waals surface area contributed by atoms with Gasteiger partial charge in [0.05, 0.1) is 11.4 Å². The van der Waals surface area contributed by atoms with E-state index in [1.807, 2.05) is 36.7 Å². The van der Waals surface area contributed by atoms with Gasteiger partial charge in [0.2, 0.25) is 0 Å². The molecule has 1 aliphatic rings. The van der Waals surface area contributed by atoms with Crippen molar-refractivity contribution in [1.29, 1.82) is 5.26 Å². The lowest BCUT2D eigenvalue weighted by Crippen LogP contribution is -2.15. The summed E-state index contributed by atoms with van der Waals surface area (Å²) < 4.78 is 0. The number of para-hydroxylation sites is 2. The van der Waals surface area contributed by atoms with E-state index in [0.29, 0.717) is 11.2 Å². The maximum absolute atomic E-state index is 8.67. The summed E-state index contributed by atoms with van der Waals surface area (Å²) in [7, 11) is 0. The highest BCUT2D eigenvalue weighted by Gasteiger charge is 2.15. The minimum Gasteiger partial charge on any atom is -0.381 e. The number of hydrogen-bond donors (Lipinski definition) is 2. The van der Waals surface area contributed by atoms with E-state index in [1.54, 1.807) is 0 Å². The first-order valence-electron chi connectivity index (χ1n) is 6.47. The second kappa shape index (κ2) is 7.05. The first-order valence-corrected chi connectivity index (χ1v) is 7.69. The number of benzene rings is 1. The topological polar surface area (TPSA) is 60.2 Å². The fraction of sp³-hybridized carbons (Fsp3) is 0.429. The zero-order valence-corrected chi connectivity index (χ0v) is 11.8. The number of nitriles is 1. The van der Waals surface area contributed by atoms with Crippen molar-refractivity contribution in [1.82, 2.24) is 5.32 Å².